The minimum Gasteiger partial charge on any atom is -0.424 e. The molecular formula is C26H25N7O2S. The Morgan fingerprint density at radius 2 is 1.72 bits per heavy atom. The van der Waals surface area contributed by atoms with E-state index in [-0.39, 0.29) is 17.4 Å². The number of nitrogens with zero attached hydrogens (tertiary/aromatic N) is 7. The SMILES string of the molecule is Cc1nc(C#N)c(N2CCN(C(=O)CSc3nnc(Cc4ccccc4)n3-c3ccccc3)CC2)o1. The Bertz CT molecular complexity index is 1370. The number of para-hydroxylation sites is 1. The molecule has 182 valence electrons. The Kier molecular flexibility index (Phi) is 7.00. The molecule has 0 bridgehead atoms. The molecule has 9 nitrogen and oxygen atoms in total. The van der Waals surface area contributed by atoms with Crippen molar-refractivity contribution in [3.8, 4) is 11.8 Å². The zero-order chi connectivity index (χ0) is 24.9. The van der Waals surface area contributed by atoms with Gasteiger partial charge in [-0.1, -0.05) is 60.3 Å². The number of hydrogen-bond donors (Lipinski definition) is 0. The van der Waals surface area contributed by atoms with Crippen molar-refractivity contribution in [3.05, 3.63) is 83.6 Å². The highest BCUT2D eigenvalue weighted by Gasteiger charge is 2.26. The molecule has 0 N–H and O–H groups in total. The first-order valence-electron chi connectivity index (χ1n) is 11.7. The van der Waals surface area contributed by atoms with Crippen molar-refractivity contribution in [1.82, 2.24) is 24.6 Å². The van der Waals surface area contributed by atoms with E-state index in [1.165, 1.54) is 11.8 Å². The second-order valence-corrected chi connectivity index (χ2v) is 9.33. The molecule has 2 aromatic heterocycles. The smallest absolute Gasteiger partial charge is 0.234 e. The summed E-state index contributed by atoms with van der Waals surface area (Å²) in [7, 11) is 0. The molecule has 0 radical (unpaired) electrons. The van der Waals surface area contributed by atoms with Crippen LogP contribution in [-0.4, -0.2) is 62.5 Å². The van der Waals surface area contributed by atoms with Crippen molar-refractivity contribution in [2.75, 3.05) is 36.8 Å². The molecule has 1 aliphatic heterocycles. The van der Waals surface area contributed by atoms with Crippen LogP contribution in [0.4, 0.5) is 5.88 Å². The molecule has 1 aliphatic rings. The van der Waals surface area contributed by atoms with Crippen molar-refractivity contribution < 1.29 is 9.21 Å². The van der Waals surface area contributed by atoms with Crippen molar-refractivity contribution in [2.45, 2.75) is 18.5 Å². The van der Waals surface area contributed by atoms with E-state index in [9.17, 15) is 10.1 Å². The molecule has 0 saturated carbocycles. The van der Waals surface area contributed by atoms with E-state index >= 15 is 0 Å². The van der Waals surface area contributed by atoms with Crippen molar-refractivity contribution in [2.24, 2.45) is 0 Å². The summed E-state index contributed by atoms with van der Waals surface area (Å²) < 4.78 is 7.64. The number of amides is 1. The predicted molar refractivity (Wildman–Crippen MR) is 136 cm³/mol. The van der Waals surface area contributed by atoms with Gasteiger partial charge in [-0.2, -0.15) is 5.26 Å². The quantitative estimate of drug-likeness (QED) is 0.356. The number of rotatable bonds is 7. The van der Waals surface area contributed by atoms with E-state index in [0.717, 1.165) is 17.1 Å². The summed E-state index contributed by atoms with van der Waals surface area (Å²) in [6.45, 7) is 3.99. The maximum atomic E-state index is 13.0. The van der Waals surface area contributed by atoms with Gasteiger partial charge in [0.15, 0.2) is 11.0 Å². The van der Waals surface area contributed by atoms with Crippen LogP contribution in [0.3, 0.4) is 0 Å². The molecule has 1 fully saturated rings. The molecule has 1 saturated heterocycles. The lowest BCUT2D eigenvalue weighted by atomic mass is 10.1. The van der Waals surface area contributed by atoms with E-state index in [4.69, 9.17) is 4.42 Å². The van der Waals surface area contributed by atoms with Crippen LogP contribution in [0, 0.1) is 18.3 Å². The highest BCUT2D eigenvalue weighted by molar-refractivity contribution is 7.99. The van der Waals surface area contributed by atoms with E-state index < -0.39 is 0 Å². The average molecular weight is 500 g/mol. The fourth-order valence-corrected chi connectivity index (χ4v) is 5.08. The Morgan fingerprint density at radius 1 is 1.03 bits per heavy atom. The molecule has 0 spiro atoms. The fraction of sp³-hybridized carbons (Fsp3) is 0.269. The number of anilines is 1. The lowest BCUT2D eigenvalue weighted by Gasteiger charge is -2.34. The minimum absolute atomic E-state index is 0.0427. The van der Waals surface area contributed by atoms with Gasteiger partial charge >= 0.3 is 0 Å². The largest absolute Gasteiger partial charge is 0.424 e. The number of oxazole rings is 1. The topological polar surface area (TPSA) is 104 Å². The molecule has 0 unspecified atom stereocenters. The number of hydrogen-bond acceptors (Lipinski definition) is 8. The number of nitriles is 1. The Balaban J connectivity index is 1.25. The average Bonchev–Trinajstić information content (AvgIpc) is 3.51. The van der Waals surface area contributed by atoms with Crippen LogP contribution in [-0.2, 0) is 11.2 Å². The third-order valence-electron chi connectivity index (χ3n) is 5.99. The fourth-order valence-electron chi connectivity index (χ4n) is 4.20. The maximum absolute atomic E-state index is 13.0. The third-order valence-corrected chi connectivity index (χ3v) is 6.90. The van der Waals surface area contributed by atoms with Gasteiger partial charge in [-0.05, 0) is 17.7 Å². The number of benzene rings is 2. The molecule has 5 rings (SSSR count). The lowest BCUT2D eigenvalue weighted by molar-refractivity contribution is -0.128. The van der Waals surface area contributed by atoms with E-state index in [1.807, 2.05) is 62.9 Å². The summed E-state index contributed by atoms with van der Waals surface area (Å²) in [5.41, 5.74) is 2.40. The number of aryl methyl sites for hydroxylation is 1. The number of thioether (sulfide) groups is 1. The van der Waals surface area contributed by atoms with Gasteiger partial charge in [0.05, 0.1) is 5.75 Å². The van der Waals surface area contributed by atoms with Gasteiger partial charge < -0.3 is 14.2 Å². The molecule has 2 aromatic carbocycles. The summed E-state index contributed by atoms with van der Waals surface area (Å²) in [6.07, 6.45) is 0.644. The molecule has 4 aromatic rings. The first-order valence-corrected chi connectivity index (χ1v) is 12.7. The Hall–Kier alpha value is -4.10. The van der Waals surface area contributed by atoms with Crippen LogP contribution in [0.2, 0.25) is 0 Å². The standard InChI is InChI=1S/C26H25N7O2S/c1-19-28-22(17-27)25(35-19)32-14-12-31(13-15-32)24(34)18-36-26-30-29-23(16-20-8-4-2-5-9-20)33(26)21-10-6-3-7-11-21/h2-11H,12-16,18H2,1H3. The molecule has 10 heteroatoms. The van der Waals surface area contributed by atoms with Crippen LogP contribution in [0.25, 0.3) is 5.69 Å². The second-order valence-electron chi connectivity index (χ2n) is 8.39. The zero-order valence-corrected chi connectivity index (χ0v) is 20.7. The molecule has 0 atom stereocenters. The van der Waals surface area contributed by atoms with Gasteiger partial charge in [-0.3, -0.25) is 9.36 Å². The highest BCUT2D eigenvalue weighted by atomic mass is 32.2. The molecular weight excluding hydrogens is 474 g/mol. The number of aromatic nitrogens is 4. The van der Waals surface area contributed by atoms with E-state index in [1.54, 1.807) is 6.92 Å². The summed E-state index contributed by atoms with van der Waals surface area (Å²) in [6, 6.07) is 22.2. The molecule has 3 heterocycles. The van der Waals surface area contributed by atoms with E-state index in [0.29, 0.717) is 49.5 Å². The van der Waals surface area contributed by atoms with Crippen LogP contribution < -0.4 is 4.90 Å². The van der Waals surface area contributed by atoms with Crippen molar-refractivity contribution in [3.63, 3.8) is 0 Å². The summed E-state index contributed by atoms with van der Waals surface area (Å²) in [4.78, 5) is 21.0. The molecule has 1 amide bonds. The second kappa shape index (κ2) is 10.7. The predicted octanol–water partition coefficient (Wildman–Crippen LogP) is 3.47. The molecule has 36 heavy (non-hydrogen) atoms. The van der Waals surface area contributed by atoms with Gasteiger partial charge in [0, 0.05) is 45.2 Å². The maximum Gasteiger partial charge on any atom is 0.234 e. The zero-order valence-electron chi connectivity index (χ0n) is 19.9. The van der Waals surface area contributed by atoms with Gasteiger partial charge in [0.25, 0.3) is 0 Å². The Morgan fingerprint density at radius 3 is 2.42 bits per heavy atom. The lowest BCUT2D eigenvalue weighted by Crippen LogP contribution is -2.49. The summed E-state index contributed by atoms with van der Waals surface area (Å²) in [5, 5.41) is 18.9. The summed E-state index contributed by atoms with van der Waals surface area (Å²) >= 11 is 1.39. The van der Waals surface area contributed by atoms with Crippen LogP contribution in [0.15, 0.2) is 70.2 Å². The van der Waals surface area contributed by atoms with Gasteiger partial charge in [-0.15, -0.1) is 10.2 Å². The Labute approximate surface area is 213 Å². The van der Waals surface area contributed by atoms with Gasteiger partial charge in [0.2, 0.25) is 17.5 Å². The van der Waals surface area contributed by atoms with Crippen molar-refractivity contribution >= 4 is 23.6 Å². The summed E-state index contributed by atoms with van der Waals surface area (Å²) in [5.74, 6) is 2.08. The number of piperazine rings is 1. The van der Waals surface area contributed by atoms with Crippen LogP contribution >= 0.6 is 11.8 Å². The monoisotopic (exact) mass is 499 g/mol. The number of carbonyl (C=O) groups is 1. The first-order chi connectivity index (χ1) is 17.6. The third kappa shape index (κ3) is 5.11. The first kappa shape index (κ1) is 23.6. The van der Waals surface area contributed by atoms with Gasteiger partial charge in [0.1, 0.15) is 11.9 Å². The normalized spacial score (nSPS) is 13.6. The number of carbonyl (C=O) groups excluding carboxylic acids is 1. The van der Waals surface area contributed by atoms with Crippen LogP contribution in [0.5, 0.6) is 0 Å². The van der Waals surface area contributed by atoms with Crippen LogP contribution in [0.1, 0.15) is 23.0 Å². The molecule has 0 aliphatic carbocycles. The van der Waals surface area contributed by atoms with E-state index in [2.05, 4.69) is 33.4 Å². The minimum atomic E-state index is 0.0427. The van der Waals surface area contributed by atoms with Crippen molar-refractivity contribution in [1.29, 1.82) is 5.26 Å². The van der Waals surface area contributed by atoms with Gasteiger partial charge in [-0.25, -0.2) is 4.98 Å². The highest BCUT2D eigenvalue weighted by Crippen LogP contribution is 2.25.